The molecule has 0 unspecified atom stereocenters. The van der Waals surface area contributed by atoms with Crippen LogP contribution >= 0.6 is 0 Å². The van der Waals surface area contributed by atoms with Crippen LogP contribution in [-0.4, -0.2) is 21.9 Å². The lowest BCUT2D eigenvalue weighted by Gasteiger charge is -2.28. The number of hydrogen-bond donors (Lipinski definition) is 0. The SMILES string of the molecule is Cn1c2c(c3ccccc31)CCN(C(=O)Cc1cccc(F)c1)C2. The van der Waals surface area contributed by atoms with Gasteiger partial charge in [-0.3, -0.25) is 4.79 Å². The summed E-state index contributed by atoms with van der Waals surface area (Å²) < 4.78 is 15.5. The lowest BCUT2D eigenvalue weighted by molar-refractivity contribution is -0.131. The van der Waals surface area contributed by atoms with Gasteiger partial charge in [0.25, 0.3) is 0 Å². The van der Waals surface area contributed by atoms with Crippen LogP contribution in [0.3, 0.4) is 0 Å². The summed E-state index contributed by atoms with van der Waals surface area (Å²) in [4.78, 5) is 14.5. The largest absolute Gasteiger partial charge is 0.346 e. The van der Waals surface area contributed by atoms with E-state index < -0.39 is 0 Å². The molecule has 1 aliphatic heterocycles. The van der Waals surface area contributed by atoms with Crippen molar-refractivity contribution in [1.82, 2.24) is 9.47 Å². The number of nitrogens with zero attached hydrogens (tertiary/aromatic N) is 2. The fraction of sp³-hybridized carbons (Fsp3) is 0.250. The molecule has 0 saturated carbocycles. The van der Waals surface area contributed by atoms with E-state index >= 15 is 0 Å². The smallest absolute Gasteiger partial charge is 0.227 e. The van der Waals surface area contributed by atoms with E-state index in [4.69, 9.17) is 0 Å². The molecule has 4 rings (SSSR count). The molecule has 3 nitrogen and oxygen atoms in total. The summed E-state index contributed by atoms with van der Waals surface area (Å²) in [5.74, 6) is -0.244. The van der Waals surface area contributed by atoms with Crippen molar-refractivity contribution in [3.63, 3.8) is 0 Å². The van der Waals surface area contributed by atoms with Gasteiger partial charge in [0.2, 0.25) is 5.91 Å². The zero-order valence-corrected chi connectivity index (χ0v) is 13.6. The van der Waals surface area contributed by atoms with Crippen molar-refractivity contribution in [3.8, 4) is 0 Å². The molecule has 24 heavy (non-hydrogen) atoms. The van der Waals surface area contributed by atoms with E-state index in [0.717, 1.165) is 18.5 Å². The summed E-state index contributed by atoms with van der Waals surface area (Å²) in [6, 6.07) is 14.7. The highest BCUT2D eigenvalue weighted by Crippen LogP contribution is 2.30. The molecule has 0 atom stereocenters. The maximum atomic E-state index is 13.3. The van der Waals surface area contributed by atoms with Gasteiger partial charge in [-0.15, -0.1) is 0 Å². The zero-order chi connectivity index (χ0) is 16.7. The summed E-state index contributed by atoms with van der Waals surface area (Å²) in [6.07, 6.45) is 1.11. The summed E-state index contributed by atoms with van der Waals surface area (Å²) in [7, 11) is 2.06. The Kier molecular flexibility index (Phi) is 3.60. The number of rotatable bonds is 2. The van der Waals surface area contributed by atoms with Crippen LogP contribution in [0.25, 0.3) is 10.9 Å². The predicted octanol–water partition coefficient (Wildman–Crippen LogP) is 3.44. The van der Waals surface area contributed by atoms with Gasteiger partial charge in [0.05, 0.1) is 13.0 Å². The Labute approximate surface area is 140 Å². The van der Waals surface area contributed by atoms with Gasteiger partial charge >= 0.3 is 0 Å². The molecule has 0 aliphatic carbocycles. The van der Waals surface area contributed by atoms with Crippen LogP contribution in [0, 0.1) is 5.82 Å². The van der Waals surface area contributed by atoms with Gasteiger partial charge in [0.1, 0.15) is 5.82 Å². The number of aryl methyl sites for hydroxylation is 1. The van der Waals surface area contributed by atoms with Crippen LogP contribution in [0.4, 0.5) is 4.39 Å². The van der Waals surface area contributed by atoms with Gasteiger partial charge < -0.3 is 9.47 Å². The summed E-state index contributed by atoms with van der Waals surface area (Å²) in [5, 5.41) is 1.28. The number of amides is 1. The fourth-order valence-electron chi connectivity index (χ4n) is 3.66. The third-order valence-corrected chi connectivity index (χ3v) is 4.91. The lowest BCUT2D eigenvalue weighted by Crippen LogP contribution is -2.37. The van der Waals surface area contributed by atoms with E-state index in [1.165, 1.54) is 34.3 Å². The van der Waals surface area contributed by atoms with Crippen molar-refractivity contribution in [2.24, 2.45) is 7.05 Å². The topological polar surface area (TPSA) is 25.2 Å². The summed E-state index contributed by atoms with van der Waals surface area (Å²) in [5.41, 5.74) is 4.49. The van der Waals surface area contributed by atoms with E-state index in [1.54, 1.807) is 12.1 Å². The molecule has 0 fully saturated rings. The van der Waals surface area contributed by atoms with Crippen molar-refractivity contribution in [2.45, 2.75) is 19.4 Å². The van der Waals surface area contributed by atoms with E-state index in [1.807, 2.05) is 11.0 Å². The molecule has 1 aliphatic rings. The quantitative estimate of drug-likeness (QED) is 0.709. The highest BCUT2D eigenvalue weighted by Gasteiger charge is 2.25. The minimum absolute atomic E-state index is 0.0523. The van der Waals surface area contributed by atoms with E-state index in [2.05, 4.69) is 29.8 Å². The Morgan fingerprint density at radius 3 is 2.83 bits per heavy atom. The highest BCUT2D eigenvalue weighted by molar-refractivity contribution is 5.86. The molecule has 122 valence electrons. The number of para-hydroxylation sites is 1. The van der Waals surface area contributed by atoms with Crippen LogP contribution in [0.5, 0.6) is 0 Å². The summed E-state index contributed by atoms with van der Waals surface area (Å²) >= 11 is 0. The van der Waals surface area contributed by atoms with Gasteiger partial charge in [-0.2, -0.15) is 0 Å². The molecule has 0 radical (unpaired) electrons. The Hall–Kier alpha value is -2.62. The Balaban J connectivity index is 1.59. The van der Waals surface area contributed by atoms with Crippen LogP contribution in [0.1, 0.15) is 16.8 Å². The van der Waals surface area contributed by atoms with E-state index in [0.29, 0.717) is 6.54 Å². The van der Waals surface area contributed by atoms with Gasteiger partial charge in [-0.05, 0) is 35.7 Å². The van der Waals surface area contributed by atoms with Crippen molar-refractivity contribution < 1.29 is 9.18 Å². The Bertz CT molecular complexity index is 929. The number of benzene rings is 2. The second kappa shape index (κ2) is 5.78. The van der Waals surface area contributed by atoms with Crippen LogP contribution in [0.15, 0.2) is 48.5 Å². The number of aromatic nitrogens is 1. The summed E-state index contributed by atoms with van der Waals surface area (Å²) in [6.45, 7) is 1.34. The fourth-order valence-corrected chi connectivity index (χ4v) is 3.66. The zero-order valence-electron chi connectivity index (χ0n) is 13.6. The van der Waals surface area contributed by atoms with Gasteiger partial charge in [-0.25, -0.2) is 4.39 Å². The molecule has 1 amide bonds. The van der Waals surface area contributed by atoms with Gasteiger partial charge in [-0.1, -0.05) is 30.3 Å². The van der Waals surface area contributed by atoms with Crippen LogP contribution in [0.2, 0.25) is 0 Å². The molecule has 0 N–H and O–H groups in total. The molecule has 0 saturated heterocycles. The first kappa shape index (κ1) is 14.9. The second-order valence-electron chi connectivity index (χ2n) is 6.37. The van der Waals surface area contributed by atoms with Crippen molar-refractivity contribution in [1.29, 1.82) is 0 Å². The molecule has 3 aromatic rings. The molecule has 2 aromatic carbocycles. The number of hydrogen-bond acceptors (Lipinski definition) is 1. The standard InChI is InChI=1S/C20H19FN2O/c1-22-18-8-3-2-7-16(18)17-9-10-23(13-19(17)22)20(24)12-14-5-4-6-15(21)11-14/h2-8,11H,9-10,12-13H2,1H3. The monoisotopic (exact) mass is 322 g/mol. The number of carbonyl (C=O) groups is 1. The maximum Gasteiger partial charge on any atom is 0.227 e. The van der Waals surface area contributed by atoms with Gasteiger partial charge in [0, 0.05) is 30.2 Å². The maximum absolute atomic E-state index is 13.3. The number of halogens is 1. The molecule has 2 heterocycles. The normalized spacial score (nSPS) is 14.0. The van der Waals surface area contributed by atoms with E-state index in [9.17, 15) is 9.18 Å². The molecular formula is C20H19FN2O. The molecule has 0 bridgehead atoms. The average Bonchev–Trinajstić information content (AvgIpc) is 2.88. The van der Waals surface area contributed by atoms with Crippen molar-refractivity contribution in [2.75, 3.05) is 6.54 Å². The minimum Gasteiger partial charge on any atom is -0.346 e. The predicted molar refractivity (Wildman–Crippen MR) is 92.1 cm³/mol. The third kappa shape index (κ3) is 2.48. The number of carbonyl (C=O) groups excluding carboxylic acids is 1. The lowest BCUT2D eigenvalue weighted by atomic mass is 10.0. The molecular weight excluding hydrogens is 303 g/mol. The Morgan fingerprint density at radius 1 is 1.17 bits per heavy atom. The van der Waals surface area contributed by atoms with E-state index in [-0.39, 0.29) is 18.1 Å². The Morgan fingerprint density at radius 2 is 2.00 bits per heavy atom. The van der Waals surface area contributed by atoms with Gasteiger partial charge in [0.15, 0.2) is 0 Å². The number of fused-ring (bicyclic) bond motifs is 3. The minimum atomic E-state index is -0.296. The highest BCUT2D eigenvalue weighted by atomic mass is 19.1. The van der Waals surface area contributed by atoms with Crippen LogP contribution < -0.4 is 0 Å². The van der Waals surface area contributed by atoms with Crippen molar-refractivity contribution in [3.05, 3.63) is 71.2 Å². The second-order valence-corrected chi connectivity index (χ2v) is 6.37. The average molecular weight is 322 g/mol. The first-order chi connectivity index (χ1) is 11.6. The molecule has 1 aromatic heterocycles. The van der Waals surface area contributed by atoms with Crippen molar-refractivity contribution >= 4 is 16.8 Å². The molecule has 4 heteroatoms. The van der Waals surface area contributed by atoms with Crippen LogP contribution in [-0.2, 0) is 31.2 Å². The first-order valence-electron chi connectivity index (χ1n) is 8.21. The third-order valence-electron chi connectivity index (χ3n) is 4.91. The molecule has 0 spiro atoms. The first-order valence-corrected chi connectivity index (χ1v) is 8.21.